The van der Waals surface area contributed by atoms with Crippen molar-refractivity contribution in [3.05, 3.63) is 41.6 Å². The van der Waals surface area contributed by atoms with Crippen LogP contribution in [0.15, 0.2) is 30.7 Å². The van der Waals surface area contributed by atoms with Crippen LogP contribution in [0, 0.1) is 11.7 Å². The maximum absolute atomic E-state index is 14.9. The molecule has 2 N–H and O–H groups in total. The number of fused-ring (bicyclic) bond motifs is 2. The largest absolute Gasteiger partial charge is 0.489 e. The van der Waals surface area contributed by atoms with E-state index in [1.54, 1.807) is 42.0 Å². The number of carbonyl (C=O) groups excluding carboxylic acids is 1. The van der Waals surface area contributed by atoms with Gasteiger partial charge in [0.15, 0.2) is 17.4 Å². The number of amides is 1. The SMILES string of the molecule is CCOc1c(F)c(Cl)c(-c2ccc3nc(NC(=O)[C@@H]4C[C@@H]4F)cn3c2)c2cn[nH]c12. The molecular formula is C20H16ClF2N5O2. The van der Waals surface area contributed by atoms with Crippen LogP contribution >= 0.6 is 11.6 Å². The van der Waals surface area contributed by atoms with Gasteiger partial charge in [-0.25, -0.2) is 13.8 Å². The highest BCUT2D eigenvalue weighted by atomic mass is 35.5. The Kier molecular flexibility index (Phi) is 4.35. The standard InChI is InChI=1S/C20H16ClF2N5O2/c1-2-30-19-17(23)16(21)15(11-6-24-27-18(11)19)9-3-4-14-25-13(8-28(14)7-9)26-20(29)10-5-12(10)22/h3-4,6-8,10,12H,2,5H2,1H3,(H,24,27)(H,26,29)/t10-,12+/m1/s1. The lowest BCUT2D eigenvalue weighted by Gasteiger charge is -2.12. The number of halogens is 3. The third kappa shape index (κ3) is 2.97. The zero-order chi connectivity index (χ0) is 21.0. The Balaban J connectivity index is 1.57. The number of imidazole rings is 1. The summed E-state index contributed by atoms with van der Waals surface area (Å²) in [5.41, 5.74) is 2.06. The first kappa shape index (κ1) is 18.8. The van der Waals surface area contributed by atoms with E-state index < -0.39 is 17.9 Å². The summed E-state index contributed by atoms with van der Waals surface area (Å²) in [7, 11) is 0. The monoisotopic (exact) mass is 431 g/mol. The second kappa shape index (κ2) is 6.94. The lowest BCUT2D eigenvalue weighted by molar-refractivity contribution is -0.117. The third-order valence-corrected chi connectivity index (χ3v) is 5.43. The van der Waals surface area contributed by atoms with Crippen molar-refractivity contribution in [3.8, 4) is 16.9 Å². The molecule has 1 aliphatic carbocycles. The number of ether oxygens (including phenoxy) is 1. The zero-order valence-electron chi connectivity index (χ0n) is 15.7. The van der Waals surface area contributed by atoms with E-state index in [1.807, 2.05) is 0 Å². The molecule has 1 amide bonds. The first-order valence-electron chi connectivity index (χ1n) is 9.38. The molecule has 1 saturated carbocycles. The topological polar surface area (TPSA) is 84.3 Å². The van der Waals surface area contributed by atoms with Crippen molar-refractivity contribution in [1.82, 2.24) is 19.6 Å². The predicted octanol–water partition coefficient (Wildman–Crippen LogP) is 4.37. The number of hydrogen-bond acceptors (Lipinski definition) is 4. The minimum absolute atomic E-state index is 0.0266. The minimum atomic E-state index is -1.08. The molecule has 2 atom stereocenters. The predicted molar refractivity (Wildman–Crippen MR) is 108 cm³/mol. The van der Waals surface area contributed by atoms with Gasteiger partial charge in [0.1, 0.15) is 17.3 Å². The van der Waals surface area contributed by atoms with Gasteiger partial charge >= 0.3 is 0 Å². The van der Waals surface area contributed by atoms with Gasteiger partial charge in [0.25, 0.3) is 0 Å². The van der Waals surface area contributed by atoms with Crippen LogP contribution in [-0.4, -0.2) is 38.3 Å². The van der Waals surface area contributed by atoms with Crippen LogP contribution in [0.3, 0.4) is 0 Å². The molecule has 4 aromatic rings. The van der Waals surface area contributed by atoms with Crippen LogP contribution in [-0.2, 0) is 4.79 Å². The number of pyridine rings is 1. The molecule has 30 heavy (non-hydrogen) atoms. The first-order chi connectivity index (χ1) is 14.5. The number of alkyl halides is 1. The molecule has 1 fully saturated rings. The van der Waals surface area contributed by atoms with Crippen LogP contribution in [0.4, 0.5) is 14.6 Å². The van der Waals surface area contributed by atoms with E-state index in [2.05, 4.69) is 20.5 Å². The Labute approximate surface area is 174 Å². The molecular weight excluding hydrogens is 416 g/mol. The maximum Gasteiger partial charge on any atom is 0.231 e. The Morgan fingerprint density at radius 3 is 2.97 bits per heavy atom. The molecule has 0 spiro atoms. The van der Waals surface area contributed by atoms with Gasteiger partial charge in [-0.2, -0.15) is 5.10 Å². The molecule has 0 unspecified atom stereocenters. The van der Waals surface area contributed by atoms with E-state index in [4.69, 9.17) is 16.3 Å². The van der Waals surface area contributed by atoms with Crippen molar-refractivity contribution in [2.24, 2.45) is 5.92 Å². The van der Waals surface area contributed by atoms with E-state index in [1.165, 1.54) is 0 Å². The molecule has 154 valence electrons. The molecule has 7 nitrogen and oxygen atoms in total. The number of anilines is 1. The molecule has 3 aromatic heterocycles. The van der Waals surface area contributed by atoms with Gasteiger partial charge in [-0.05, 0) is 25.5 Å². The van der Waals surface area contributed by atoms with Crippen LogP contribution in [0.1, 0.15) is 13.3 Å². The average molecular weight is 432 g/mol. The third-order valence-electron chi connectivity index (χ3n) is 5.08. The molecule has 0 aliphatic heterocycles. The van der Waals surface area contributed by atoms with E-state index in [0.717, 1.165) is 0 Å². The van der Waals surface area contributed by atoms with Crippen molar-refractivity contribution >= 4 is 39.9 Å². The number of rotatable bonds is 5. The van der Waals surface area contributed by atoms with Gasteiger partial charge in [-0.3, -0.25) is 9.89 Å². The summed E-state index contributed by atoms with van der Waals surface area (Å²) in [5.74, 6) is -1.32. The van der Waals surface area contributed by atoms with Gasteiger partial charge in [0, 0.05) is 22.7 Å². The smallest absolute Gasteiger partial charge is 0.231 e. The summed E-state index contributed by atoms with van der Waals surface area (Å²) >= 11 is 6.37. The van der Waals surface area contributed by atoms with Gasteiger partial charge in [-0.1, -0.05) is 11.6 Å². The Morgan fingerprint density at radius 1 is 1.43 bits per heavy atom. The van der Waals surface area contributed by atoms with Gasteiger partial charge in [0.2, 0.25) is 5.91 Å². The fourth-order valence-electron chi connectivity index (χ4n) is 3.50. The number of nitrogens with one attached hydrogen (secondary N) is 2. The minimum Gasteiger partial charge on any atom is -0.489 e. The average Bonchev–Trinajstić information content (AvgIpc) is 3.11. The molecule has 1 aromatic carbocycles. The summed E-state index contributed by atoms with van der Waals surface area (Å²) in [6.07, 6.45) is 4.05. The van der Waals surface area contributed by atoms with Gasteiger partial charge in [0.05, 0.1) is 29.9 Å². The second-order valence-corrected chi connectivity index (χ2v) is 7.46. The summed E-state index contributed by atoms with van der Waals surface area (Å²) in [6, 6.07) is 3.47. The molecule has 0 radical (unpaired) electrons. The van der Waals surface area contributed by atoms with Crippen molar-refractivity contribution in [2.75, 3.05) is 11.9 Å². The van der Waals surface area contributed by atoms with Crippen molar-refractivity contribution in [2.45, 2.75) is 19.5 Å². The molecule has 3 heterocycles. The number of carbonyl (C=O) groups is 1. The lowest BCUT2D eigenvalue weighted by atomic mass is 10.0. The van der Waals surface area contributed by atoms with Crippen LogP contribution in [0.2, 0.25) is 5.02 Å². The second-order valence-electron chi connectivity index (χ2n) is 7.08. The number of nitrogens with zero attached hydrogens (tertiary/aromatic N) is 3. The number of benzene rings is 1. The van der Waals surface area contributed by atoms with Gasteiger partial charge in [-0.15, -0.1) is 0 Å². The van der Waals surface area contributed by atoms with E-state index >= 15 is 0 Å². The van der Waals surface area contributed by atoms with Crippen LogP contribution < -0.4 is 10.1 Å². The molecule has 0 bridgehead atoms. The number of aromatic nitrogens is 4. The van der Waals surface area contributed by atoms with E-state index in [-0.39, 0.29) is 29.7 Å². The lowest BCUT2D eigenvalue weighted by Crippen LogP contribution is -2.15. The molecule has 10 heteroatoms. The fraction of sp³-hybridized carbons (Fsp3) is 0.250. The highest BCUT2D eigenvalue weighted by Crippen LogP contribution is 2.42. The quantitative estimate of drug-likeness (QED) is 0.491. The summed E-state index contributed by atoms with van der Waals surface area (Å²) in [4.78, 5) is 16.3. The normalized spacial score (nSPS) is 18.1. The van der Waals surface area contributed by atoms with Crippen molar-refractivity contribution in [1.29, 1.82) is 0 Å². The van der Waals surface area contributed by atoms with Gasteiger partial charge < -0.3 is 14.5 Å². The van der Waals surface area contributed by atoms with Crippen LogP contribution in [0.5, 0.6) is 5.75 Å². The van der Waals surface area contributed by atoms with E-state index in [9.17, 15) is 13.6 Å². The van der Waals surface area contributed by atoms with Crippen LogP contribution in [0.25, 0.3) is 27.7 Å². The summed E-state index contributed by atoms with van der Waals surface area (Å²) in [6.45, 7) is 2.03. The van der Waals surface area contributed by atoms with Crippen molar-refractivity contribution < 1.29 is 18.3 Å². The first-order valence-corrected chi connectivity index (χ1v) is 9.76. The highest BCUT2D eigenvalue weighted by molar-refractivity contribution is 6.35. The molecule has 1 aliphatic rings. The number of H-pyrrole nitrogens is 1. The fourth-order valence-corrected chi connectivity index (χ4v) is 3.80. The Morgan fingerprint density at radius 2 is 2.23 bits per heavy atom. The summed E-state index contributed by atoms with van der Waals surface area (Å²) in [5, 5.41) is 9.93. The Hall–Kier alpha value is -3.20. The maximum atomic E-state index is 14.9. The van der Waals surface area contributed by atoms with E-state index in [0.29, 0.717) is 33.5 Å². The summed E-state index contributed by atoms with van der Waals surface area (Å²) < 4.78 is 35.1. The molecule has 5 rings (SSSR count). The zero-order valence-corrected chi connectivity index (χ0v) is 16.5. The number of hydrogen-bond donors (Lipinski definition) is 2. The number of aromatic amines is 1. The van der Waals surface area contributed by atoms with Crippen molar-refractivity contribution in [3.63, 3.8) is 0 Å². The highest BCUT2D eigenvalue weighted by Gasteiger charge is 2.43. The molecule has 0 saturated heterocycles. The Bertz CT molecular complexity index is 1300.